The number of hydrogen-bond donors (Lipinski definition) is 0. The maximum atomic E-state index is 10.4. The van der Waals surface area contributed by atoms with Gasteiger partial charge < -0.3 is 0 Å². The molecule has 0 saturated heterocycles. The van der Waals surface area contributed by atoms with Gasteiger partial charge in [0.2, 0.25) is 0 Å². The molecule has 0 bridgehead atoms. The Bertz CT molecular complexity index is 269. The van der Waals surface area contributed by atoms with E-state index in [2.05, 4.69) is 6.92 Å². The molecular weight excluding hydrogens is 212 g/mol. The fourth-order valence-electron chi connectivity index (χ4n) is 1.01. The third kappa shape index (κ3) is 4.20. The Morgan fingerprint density at radius 1 is 1.21 bits per heavy atom. The van der Waals surface area contributed by atoms with E-state index in [9.17, 15) is 4.79 Å². The molecule has 14 heavy (non-hydrogen) atoms. The molecule has 0 unspecified atom stereocenters. The van der Waals surface area contributed by atoms with E-state index in [1.807, 2.05) is 47.8 Å². The van der Waals surface area contributed by atoms with Gasteiger partial charge >= 0.3 is 0 Å². The van der Waals surface area contributed by atoms with E-state index in [1.54, 1.807) is 0 Å². The standard InChI is InChI=1S/C11H14OS2/c1-2-13-7-8-14-11-5-3-10(9-12)4-6-11/h3-6,9H,2,7-8H2,1H3. The van der Waals surface area contributed by atoms with Crippen LogP contribution < -0.4 is 0 Å². The van der Waals surface area contributed by atoms with Crippen molar-refractivity contribution in [3.8, 4) is 0 Å². The zero-order valence-electron chi connectivity index (χ0n) is 8.23. The quantitative estimate of drug-likeness (QED) is 0.421. The summed E-state index contributed by atoms with van der Waals surface area (Å²) < 4.78 is 0. The van der Waals surface area contributed by atoms with E-state index in [0.29, 0.717) is 0 Å². The molecule has 0 aliphatic rings. The Balaban J connectivity index is 2.32. The first-order chi connectivity index (χ1) is 6.86. The number of thioether (sulfide) groups is 2. The maximum Gasteiger partial charge on any atom is 0.150 e. The molecule has 0 N–H and O–H groups in total. The first kappa shape index (κ1) is 11.7. The molecule has 0 amide bonds. The average Bonchev–Trinajstić information content (AvgIpc) is 2.25. The zero-order valence-corrected chi connectivity index (χ0v) is 9.87. The van der Waals surface area contributed by atoms with Crippen LogP contribution in [-0.4, -0.2) is 23.5 Å². The molecule has 0 aliphatic carbocycles. The van der Waals surface area contributed by atoms with Crippen molar-refractivity contribution < 1.29 is 4.79 Å². The first-order valence-electron chi connectivity index (χ1n) is 4.62. The highest BCUT2D eigenvalue weighted by Crippen LogP contribution is 2.19. The van der Waals surface area contributed by atoms with E-state index in [1.165, 1.54) is 16.4 Å². The minimum atomic E-state index is 0.747. The lowest BCUT2D eigenvalue weighted by molar-refractivity contribution is 0.112. The second kappa shape index (κ2) is 6.96. The van der Waals surface area contributed by atoms with Crippen LogP contribution in [0, 0.1) is 0 Å². The summed E-state index contributed by atoms with van der Waals surface area (Å²) >= 11 is 3.80. The lowest BCUT2D eigenvalue weighted by Crippen LogP contribution is -1.85. The van der Waals surface area contributed by atoms with Gasteiger partial charge in [-0.25, -0.2) is 0 Å². The summed E-state index contributed by atoms with van der Waals surface area (Å²) in [6.07, 6.45) is 0.876. The van der Waals surface area contributed by atoms with E-state index < -0.39 is 0 Å². The molecule has 0 radical (unpaired) electrons. The van der Waals surface area contributed by atoms with Crippen molar-refractivity contribution >= 4 is 29.8 Å². The van der Waals surface area contributed by atoms with Crippen LogP contribution in [0.25, 0.3) is 0 Å². The molecule has 76 valence electrons. The number of aldehydes is 1. The molecule has 0 heterocycles. The predicted molar refractivity (Wildman–Crippen MR) is 65.6 cm³/mol. The number of carbonyl (C=O) groups excluding carboxylic acids is 1. The second-order valence-corrected chi connectivity index (χ2v) is 5.29. The zero-order chi connectivity index (χ0) is 10.2. The van der Waals surface area contributed by atoms with Gasteiger partial charge in [-0.3, -0.25) is 4.79 Å². The maximum absolute atomic E-state index is 10.4. The molecule has 0 saturated carbocycles. The summed E-state index contributed by atoms with van der Waals surface area (Å²) in [6.45, 7) is 2.17. The van der Waals surface area contributed by atoms with Gasteiger partial charge in [-0.15, -0.1) is 11.8 Å². The second-order valence-electron chi connectivity index (χ2n) is 2.73. The Kier molecular flexibility index (Phi) is 5.80. The largest absolute Gasteiger partial charge is 0.298 e. The summed E-state index contributed by atoms with van der Waals surface area (Å²) in [5.74, 6) is 3.51. The van der Waals surface area contributed by atoms with Crippen molar-refractivity contribution in [2.45, 2.75) is 11.8 Å². The Morgan fingerprint density at radius 2 is 1.93 bits per heavy atom. The first-order valence-corrected chi connectivity index (χ1v) is 6.76. The van der Waals surface area contributed by atoms with Crippen LogP contribution in [-0.2, 0) is 0 Å². The van der Waals surface area contributed by atoms with Crippen molar-refractivity contribution in [1.29, 1.82) is 0 Å². The van der Waals surface area contributed by atoms with Crippen molar-refractivity contribution in [1.82, 2.24) is 0 Å². The third-order valence-corrected chi connectivity index (χ3v) is 3.89. The average molecular weight is 226 g/mol. The normalized spacial score (nSPS) is 10.1. The van der Waals surface area contributed by atoms with Crippen LogP contribution in [0.3, 0.4) is 0 Å². The van der Waals surface area contributed by atoms with Crippen molar-refractivity contribution in [3.63, 3.8) is 0 Å². The van der Waals surface area contributed by atoms with Crippen LogP contribution in [0.15, 0.2) is 29.2 Å². The SMILES string of the molecule is CCSCCSc1ccc(C=O)cc1. The van der Waals surface area contributed by atoms with E-state index in [0.717, 1.165) is 17.6 Å². The molecule has 1 rings (SSSR count). The van der Waals surface area contributed by atoms with Gasteiger partial charge in [-0.2, -0.15) is 11.8 Å². The molecule has 0 aromatic heterocycles. The summed E-state index contributed by atoms with van der Waals surface area (Å²) in [5, 5.41) is 0. The van der Waals surface area contributed by atoms with Crippen molar-refractivity contribution in [3.05, 3.63) is 29.8 Å². The number of hydrogen-bond acceptors (Lipinski definition) is 3. The lowest BCUT2D eigenvalue weighted by atomic mass is 10.2. The Labute approximate surface area is 93.7 Å². The van der Waals surface area contributed by atoms with Crippen molar-refractivity contribution in [2.75, 3.05) is 17.3 Å². The Morgan fingerprint density at radius 3 is 2.50 bits per heavy atom. The predicted octanol–water partition coefficient (Wildman–Crippen LogP) is 3.34. The van der Waals surface area contributed by atoms with Gasteiger partial charge in [0, 0.05) is 22.0 Å². The van der Waals surface area contributed by atoms with Gasteiger partial charge in [-0.05, 0) is 17.9 Å². The minimum Gasteiger partial charge on any atom is -0.298 e. The highest BCUT2D eigenvalue weighted by Gasteiger charge is 1.94. The fraction of sp³-hybridized carbons (Fsp3) is 0.364. The fourth-order valence-corrected chi connectivity index (χ4v) is 2.66. The van der Waals surface area contributed by atoms with Crippen LogP contribution in [0.5, 0.6) is 0 Å². The van der Waals surface area contributed by atoms with E-state index >= 15 is 0 Å². The molecule has 0 fully saturated rings. The van der Waals surface area contributed by atoms with Crippen LogP contribution >= 0.6 is 23.5 Å². The smallest absolute Gasteiger partial charge is 0.150 e. The monoisotopic (exact) mass is 226 g/mol. The van der Waals surface area contributed by atoms with Gasteiger partial charge in [0.25, 0.3) is 0 Å². The topological polar surface area (TPSA) is 17.1 Å². The highest BCUT2D eigenvalue weighted by molar-refractivity contribution is 8.02. The lowest BCUT2D eigenvalue weighted by Gasteiger charge is -2.00. The van der Waals surface area contributed by atoms with Gasteiger partial charge in [0.1, 0.15) is 6.29 Å². The molecule has 0 aliphatic heterocycles. The van der Waals surface area contributed by atoms with Crippen molar-refractivity contribution in [2.24, 2.45) is 0 Å². The summed E-state index contributed by atoms with van der Waals surface area (Å²) in [7, 11) is 0. The van der Waals surface area contributed by atoms with Crippen LogP contribution in [0.2, 0.25) is 0 Å². The molecule has 0 atom stereocenters. The number of benzene rings is 1. The summed E-state index contributed by atoms with van der Waals surface area (Å²) in [6, 6.07) is 7.74. The molecule has 0 spiro atoms. The van der Waals surface area contributed by atoms with Crippen LogP contribution in [0.4, 0.5) is 0 Å². The molecule has 1 aromatic carbocycles. The van der Waals surface area contributed by atoms with Crippen LogP contribution in [0.1, 0.15) is 17.3 Å². The highest BCUT2D eigenvalue weighted by atomic mass is 32.2. The number of rotatable bonds is 6. The third-order valence-electron chi connectivity index (χ3n) is 1.72. The molecule has 3 heteroatoms. The van der Waals surface area contributed by atoms with E-state index in [-0.39, 0.29) is 0 Å². The summed E-state index contributed by atoms with van der Waals surface area (Å²) in [5.41, 5.74) is 0.747. The van der Waals surface area contributed by atoms with E-state index in [4.69, 9.17) is 0 Å². The molecule has 1 aromatic rings. The molecular formula is C11H14OS2. The molecule has 1 nitrogen and oxygen atoms in total. The minimum absolute atomic E-state index is 0.747. The van der Waals surface area contributed by atoms with Gasteiger partial charge in [0.15, 0.2) is 0 Å². The Hall–Kier alpha value is -0.410. The number of carbonyl (C=O) groups is 1. The van der Waals surface area contributed by atoms with Gasteiger partial charge in [-0.1, -0.05) is 19.1 Å². The summed E-state index contributed by atoms with van der Waals surface area (Å²) in [4.78, 5) is 11.6. The van der Waals surface area contributed by atoms with Gasteiger partial charge in [0.05, 0.1) is 0 Å².